The molecule has 1 saturated carbocycles. The van der Waals surface area contributed by atoms with E-state index in [2.05, 4.69) is 31.1 Å². The Morgan fingerprint density at radius 2 is 1.87 bits per heavy atom. The van der Waals surface area contributed by atoms with Gasteiger partial charge in [0, 0.05) is 29.6 Å². The van der Waals surface area contributed by atoms with Crippen molar-refractivity contribution in [2.24, 2.45) is 5.92 Å². The van der Waals surface area contributed by atoms with Crippen molar-refractivity contribution in [2.75, 3.05) is 10.7 Å². The zero-order chi connectivity index (χ0) is 22.0. The Labute approximate surface area is 176 Å². The molecule has 7 nitrogen and oxygen atoms in total. The van der Waals surface area contributed by atoms with E-state index in [1.165, 1.54) is 0 Å². The number of carbonyl (C=O) groups is 1. The first kappa shape index (κ1) is 20.6. The molecule has 0 saturated heterocycles. The van der Waals surface area contributed by atoms with Gasteiger partial charge in [-0.25, -0.2) is 15.0 Å². The zero-order valence-electron chi connectivity index (χ0n) is 16.5. The van der Waals surface area contributed by atoms with Crippen LogP contribution in [0.25, 0.3) is 11.1 Å². The molecule has 0 unspecified atom stereocenters. The Morgan fingerprint density at radius 1 is 1.06 bits per heavy atom. The molecule has 31 heavy (non-hydrogen) atoms. The molecule has 4 rings (SSSR count). The predicted octanol–water partition coefficient (Wildman–Crippen LogP) is 4.46. The molecular formula is C21H19F3N6O. The quantitative estimate of drug-likeness (QED) is 0.502. The van der Waals surface area contributed by atoms with Crippen molar-refractivity contribution < 1.29 is 18.0 Å². The zero-order valence-corrected chi connectivity index (χ0v) is 16.5. The van der Waals surface area contributed by atoms with Crippen LogP contribution in [0.1, 0.15) is 24.1 Å². The van der Waals surface area contributed by atoms with Gasteiger partial charge in [-0.1, -0.05) is 6.07 Å². The Hall–Kier alpha value is -3.69. The normalized spacial score (nSPS) is 13.5. The Kier molecular flexibility index (Phi) is 5.45. The molecule has 0 spiro atoms. The molecule has 0 atom stereocenters. The van der Waals surface area contributed by atoms with Gasteiger partial charge in [0.2, 0.25) is 11.9 Å². The molecule has 0 radical (unpaired) electrons. The van der Waals surface area contributed by atoms with Crippen LogP contribution in [-0.2, 0) is 11.0 Å². The van der Waals surface area contributed by atoms with Crippen LogP contribution in [0.5, 0.6) is 0 Å². The van der Waals surface area contributed by atoms with Gasteiger partial charge in [-0.15, -0.1) is 0 Å². The van der Waals surface area contributed by atoms with Gasteiger partial charge in [-0.3, -0.25) is 15.6 Å². The van der Waals surface area contributed by atoms with E-state index >= 15 is 0 Å². The van der Waals surface area contributed by atoms with E-state index < -0.39 is 11.9 Å². The van der Waals surface area contributed by atoms with E-state index in [0.717, 1.165) is 41.8 Å². The number of anilines is 3. The number of rotatable bonds is 6. The number of alkyl halides is 3. The van der Waals surface area contributed by atoms with Gasteiger partial charge in [0.05, 0.1) is 0 Å². The standard InChI is InChI=1S/C21H19F3N6O/c1-12-8-15(14-4-5-18(26-11-14)29-30-19(31)13-2-3-13)10-16(9-12)27-20-25-7-6-17(28-20)21(22,23)24/h4-11,13H,2-3H2,1H3,(H,26,29)(H,30,31)(H,25,27,28). The number of hydrazine groups is 1. The molecule has 1 fully saturated rings. The lowest BCUT2D eigenvalue weighted by Gasteiger charge is -2.12. The molecule has 1 aliphatic rings. The minimum Gasteiger partial charge on any atom is -0.324 e. The molecule has 3 N–H and O–H groups in total. The molecule has 160 valence electrons. The number of aromatic nitrogens is 3. The highest BCUT2D eigenvalue weighted by Gasteiger charge is 2.32. The molecular weight excluding hydrogens is 409 g/mol. The van der Waals surface area contributed by atoms with Crippen molar-refractivity contribution >= 4 is 23.4 Å². The molecule has 1 amide bonds. The van der Waals surface area contributed by atoms with Crippen molar-refractivity contribution in [2.45, 2.75) is 25.9 Å². The lowest BCUT2D eigenvalue weighted by Crippen LogP contribution is -2.30. The highest BCUT2D eigenvalue weighted by molar-refractivity contribution is 5.81. The van der Waals surface area contributed by atoms with Crippen LogP contribution in [0.4, 0.5) is 30.6 Å². The fraction of sp³-hybridized carbons (Fsp3) is 0.238. The number of halogens is 3. The van der Waals surface area contributed by atoms with Crippen LogP contribution in [0.15, 0.2) is 48.8 Å². The van der Waals surface area contributed by atoms with E-state index in [-0.39, 0.29) is 17.8 Å². The average Bonchev–Trinajstić information content (AvgIpc) is 3.57. The van der Waals surface area contributed by atoms with Gasteiger partial charge in [0.15, 0.2) is 0 Å². The van der Waals surface area contributed by atoms with Crippen LogP contribution >= 0.6 is 0 Å². The SMILES string of the molecule is Cc1cc(Nc2nccc(C(F)(F)F)n2)cc(-c2ccc(NNC(=O)C3CC3)nc2)c1. The second-order valence-electron chi connectivity index (χ2n) is 7.30. The largest absolute Gasteiger partial charge is 0.433 e. The van der Waals surface area contributed by atoms with Crippen LogP contribution in [-0.4, -0.2) is 20.9 Å². The summed E-state index contributed by atoms with van der Waals surface area (Å²) in [5, 5.41) is 2.83. The van der Waals surface area contributed by atoms with Gasteiger partial charge in [0.1, 0.15) is 11.5 Å². The summed E-state index contributed by atoms with van der Waals surface area (Å²) in [6.07, 6.45) is -0.0154. The number of hydrogen-bond donors (Lipinski definition) is 3. The molecule has 0 bridgehead atoms. The maximum absolute atomic E-state index is 12.9. The third-order valence-corrected chi connectivity index (χ3v) is 4.64. The second kappa shape index (κ2) is 8.21. The van der Waals surface area contributed by atoms with Crippen molar-refractivity contribution in [3.63, 3.8) is 0 Å². The van der Waals surface area contributed by atoms with Gasteiger partial charge in [-0.2, -0.15) is 13.2 Å². The van der Waals surface area contributed by atoms with Crippen LogP contribution < -0.4 is 16.2 Å². The Balaban J connectivity index is 1.49. The summed E-state index contributed by atoms with van der Waals surface area (Å²) in [6.45, 7) is 1.87. The number of benzene rings is 1. The monoisotopic (exact) mass is 428 g/mol. The molecule has 1 aliphatic carbocycles. The highest BCUT2D eigenvalue weighted by Crippen LogP contribution is 2.30. The maximum Gasteiger partial charge on any atom is 0.433 e. The fourth-order valence-electron chi connectivity index (χ4n) is 2.94. The summed E-state index contributed by atoms with van der Waals surface area (Å²) >= 11 is 0. The molecule has 10 heteroatoms. The maximum atomic E-state index is 12.9. The predicted molar refractivity (Wildman–Crippen MR) is 109 cm³/mol. The summed E-state index contributed by atoms with van der Waals surface area (Å²) in [5.74, 6) is 0.402. The molecule has 2 heterocycles. The van der Waals surface area contributed by atoms with Gasteiger partial charge < -0.3 is 5.32 Å². The number of carbonyl (C=O) groups excluding carboxylic acids is 1. The Morgan fingerprint density at radius 3 is 2.55 bits per heavy atom. The number of pyridine rings is 1. The minimum atomic E-state index is -4.54. The summed E-state index contributed by atoms with van der Waals surface area (Å²) < 4.78 is 38.6. The van der Waals surface area contributed by atoms with Crippen LogP contribution in [0.3, 0.4) is 0 Å². The highest BCUT2D eigenvalue weighted by atomic mass is 19.4. The van der Waals surface area contributed by atoms with Crippen LogP contribution in [0.2, 0.25) is 0 Å². The lowest BCUT2D eigenvalue weighted by molar-refractivity contribution is -0.141. The smallest absolute Gasteiger partial charge is 0.324 e. The average molecular weight is 428 g/mol. The van der Waals surface area contributed by atoms with Gasteiger partial charge in [0.25, 0.3) is 0 Å². The van der Waals surface area contributed by atoms with Crippen molar-refractivity contribution in [3.8, 4) is 11.1 Å². The van der Waals surface area contributed by atoms with Gasteiger partial charge >= 0.3 is 6.18 Å². The number of aryl methyl sites for hydroxylation is 1. The van der Waals surface area contributed by atoms with E-state index in [0.29, 0.717) is 11.5 Å². The fourth-order valence-corrected chi connectivity index (χ4v) is 2.94. The van der Waals surface area contributed by atoms with E-state index in [1.807, 2.05) is 19.1 Å². The summed E-state index contributed by atoms with van der Waals surface area (Å²) in [7, 11) is 0. The Bertz CT molecular complexity index is 1100. The summed E-state index contributed by atoms with van der Waals surface area (Å²) in [6, 6.07) is 9.86. The van der Waals surface area contributed by atoms with Gasteiger partial charge in [-0.05, 0) is 61.2 Å². The number of nitrogens with zero attached hydrogens (tertiary/aromatic N) is 3. The van der Waals surface area contributed by atoms with Crippen LogP contribution in [0, 0.1) is 12.8 Å². The molecule has 2 aromatic heterocycles. The minimum absolute atomic E-state index is 0.0444. The number of nitrogens with one attached hydrogen (secondary N) is 3. The third kappa shape index (κ3) is 5.27. The molecule has 3 aromatic rings. The van der Waals surface area contributed by atoms with Crippen molar-refractivity contribution in [3.05, 3.63) is 60.0 Å². The third-order valence-electron chi connectivity index (χ3n) is 4.64. The number of hydrogen-bond acceptors (Lipinski definition) is 6. The van der Waals surface area contributed by atoms with E-state index in [1.54, 1.807) is 24.4 Å². The first-order chi connectivity index (χ1) is 14.8. The first-order valence-electron chi connectivity index (χ1n) is 9.59. The molecule has 1 aromatic carbocycles. The number of amides is 1. The lowest BCUT2D eigenvalue weighted by atomic mass is 10.0. The van der Waals surface area contributed by atoms with E-state index in [9.17, 15) is 18.0 Å². The summed E-state index contributed by atoms with van der Waals surface area (Å²) in [4.78, 5) is 23.4. The van der Waals surface area contributed by atoms with Crippen molar-refractivity contribution in [1.82, 2.24) is 20.4 Å². The topological polar surface area (TPSA) is 91.8 Å². The van der Waals surface area contributed by atoms with Crippen molar-refractivity contribution in [1.29, 1.82) is 0 Å². The molecule has 0 aliphatic heterocycles. The first-order valence-corrected chi connectivity index (χ1v) is 9.59. The summed E-state index contributed by atoms with van der Waals surface area (Å²) in [5.41, 5.74) is 7.46. The van der Waals surface area contributed by atoms with E-state index in [4.69, 9.17) is 0 Å². The second-order valence-corrected chi connectivity index (χ2v) is 7.30.